The van der Waals surface area contributed by atoms with Gasteiger partial charge in [-0.25, -0.2) is 5.43 Å². The number of carbonyl (C=O) groups is 1. The Morgan fingerprint density at radius 1 is 1.10 bits per heavy atom. The van der Waals surface area contributed by atoms with Crippen LogP contribution in [0.2, 0.25) is 5.02 Å². The minimum Gasteiger partial charge on any atom is -0.507 e. The van der Waals surface area contributed by atoms with Gasteiger partial charge in [-0.1, -0.05) is 65.3 Å². The van der Waals surface area contributed by atoms with Crippen molar-refractivity contribution in [3.05, 3.63) is 57.6 Å². The van der Waals surface area contributed by atoms with Crippen molar-refractivity contribution in [2.45, 2.75) is 65.2 Å². The lowest BCUT2D eigenvalue weighted by Gasteiger charge is -2.28. The minimum atomic E-state index is -0.202. The molecule has 0 radical (unpaired) electrons. The molecule has 0 aromatic heterocycles. The number of phenolic OH excluding ortho intramolecular Hbond substituents is 1. The van der Waals surface area contributed by atoms with Crippen LogP contribution in [0, 0.1) is 0 Å². The number of rotatable bonds is 6. The monoisotopic (exact) mass is 444 g/mol. The quantitative estimate of drug-likeness (QED) is 0.441. The predicted molar refractivity (Wildman–Crippen MR) is 128 cm³/mol. The first kappa shape index (κ1) is 24.7. The second-order valence-corrected chi connectivity index (χ2v) is 10.1. The average Bonchev–Trinajstić information content (AvgIpc) is 2.65. The molecule has 0 unspecified atom stereocenters. The number of amides is 1. The molecule has 0 aliphatic heterocycles. The lowest BCUT2D eigenvalue weighted by atomic mass is 9.78. The Morgan fingerprint density at radius 3 is 2.16 bits per heavy atom. The first-order chi connectivity index (χ1) is 14.3. The zero-order chi connectivity index (χ0) is 23.4. The second-order valence-electron chi connectivity index (χ2n) is 9.73. The number of phenols is 1. The number of halogens is 1. The minimum absolute atomic E-state index is 0.182. The molecule has 0 aliphatic carbocycles. The van der Waals surface area contributed by atoms with E-state index in [1.54, 1.807) is 31.5 Å². The lowest BCUT2D eigenvalue weighted by molar-refractivity contribution is -0.121. The van der Waals surface area contributed by atoms with Crippen LogP contribution in [0.25, 0.3) is 0 Å². The van der Waals surface area contributed by atoms with Crippen LogP contribution >= 0.6 is 11.6 Å². The molecule has 0 fully saturated rings. The summed E-state index contributed by atoms with van der Waals surface area (Å²) in [5.74, 6) is 0.746. The summed E-state index contributed by atoms with van der Waals surface area (Å²) in [6, 6.07) is 9.27. The van der Waals surface area contributed by atoms with Crippen LogP contribution in [0.5, 0.6) is 11.5 Å². The van der Waals surface area contributed by atoms with Crippen LogP contribution in [0.1, 0.15) is 70.2 Å². The van der Waals surface area contributed by atoms with Gasteiger partial charge in [0.05, 0.1) is 18.3 Å². The van der Waals surface area contributed by atoms with Crippen molar-refractivity contribution in [3.8, 4) is 11.5 Å². The maximum Gasteiger partial charge on any atom is 0.240 e. The Bertz CT molecular complexity index is 935. The molecular formula is C25H33ClN2O3. The molecule has 5 nitrogen and oxygen atoms in total. The SMILES string of the molecule is COc1ccc(/C=N\NC(=O)CCc2cc(C(C)(C)C)c(O)c(C(C)(C)C)c2)cc1Cl. The van der Waals surface area contributed by atoms with Gasteiger partial charge in [0, 0.05) is 6.42 Å². The largest absolute Gasteiger partial charge is 0.507 e. The number of hydrazone groups is 1. The summed E-state index contributed by atoms with van der Waals surface area (Å²) >= 11 is 6.10. The van der Waals surface area contributed by atoms with Crippen LogP contribution in [0.3, 0.4) is 0 Å². The van der Waals surface area contributed by atoms with Gasteiger partial charge >= 0.3 is 0 Å². The van der Waals surface area contributed by atoms with E-state index in [4.69, 9.17) is 16.3 Å². The normalized spacial score (nSPS) is 12.3. The zero-order valence-electron chi connectivity index (χ0n) is 19.5. The molecule has 0 bridgehead atoms. The summed E-state index contributed by atoms with van der Waals surface area (Å²) in [6.07, 6.45) is 2.39. The molecule has 2 rings (SSSR count). The number of ether oxygens (including phenoxy) is 1. The van der Waals surface area contributed by atoms with Gasteiger partial charge in [0.25, 0.3) is 0 Å². The molecule has 0 heterocycles. The van der Waals surface area contributed by atoms with E-state index in [2.05, 4.69) is 52.1 Å². The number of nitrogens with one attached hydrogen (secondary N) is 1. The number of aromatic hydroxyl groups is 1. The van der Waals surface area contributed by atoms with Crippen molar-refractivity contribution in [2.24, 2.45) is 5.10 Å². The van der Waals surface area contributed by atoms with Gasteiger partial charge in [0.1, 0.15) is 11.5 Å². The highest BCUT2D eigenvalue weighted by Crippen LogP contribution is 2.40. The standard InChI is InChI=1S/C25H33ClN2O3/c1-24(2,3)18-12-16(13-19(23(18)30)25(4,5)6)9-11-22(29)28-27-15-17-8-10-21(31-7)20(26)14-17/h8,10,12-15,30H,9,11H2,1-7H3,(H,28,29)/b27-15-. The third-order valence-corrected chi connectivity index (χ3v) is 5.30. The number of benzene rings is 2. The Balaban J connectivity index is 2.08. The van der Waals surface area contributed by atoms with Gasteiger partial charge in [-0.2, -0.15) is 5.10 Å². The Labute approximate surface area is 190 Å². The van der Waals surface area contributed by atoms with E-state index < -0.39 is 0 Å². The average molecular weight is 445 g/mol. The summed E-state index contributed by atoms with van der Waals surface area (Å²) in [5.41, 5.74) is 5.72. The molecule has 0 saturated carbocycles. The summed E-state index contributed by atoms with van der Waals surface area (Å²) < 4.78 is 5.12. The van der Waals surface area contributed by atoms with Gasteiger partial charge in [-0.15, -0.1) is 0 Å². The molecule has 2 aromatic rings. The highest BCUT2D eigenvalue weighted by molar-refractivity contribution is 6.32. The summed E-state index contributed by atoms with van der Waals surface area (Å²) in [4.78, 5) is 12.3. The van der Waals surface area contributed by atoms with E-state index >= 15 is 0 Å². The smallest absolute Gasteiger partial charge is 0.240 e. The topological polar surface area (TPSA) is 70.9 Å². The number of hydrogen-bond donors (Lipinski definition) is 2. The summed E-state index contributed by atoms with van der Waals surface area (Å²) in [6.45, 7) is 12.4. The van der Waals surface area contributed by atoms with Gasteiger partial charge < -0.3 is 9.84 Å². The fraction of sp³-hybridized carbons (Fsp3) is 0.440. The van der Waals surface area contributed by atoms with Crippen LogP contribution < -0.4 is 10.2 Å². The summed E-state index contributed by atoms with van der Waals surface area (Å²) in [5, 5.41) is 15.3. The van der Waals surface area contributed by atoms with Crippen LogP contribution in [-0.2, 0) is 22.0 Å². The van der Waals surface area contributed by atoms with Crippen molar-refractivity contribution in [3.63, 3.8) is 0 Å². The second kappa shape index (κ2) is 9.73. The number of hydrogen-bond acceptors (Lipinski definition) is 4. The number of nitrogens with zero attached hydrogens (tertiary/aromatic N) is 1. The van der Waals surface area contributed by atoms with Gasteiger partial charge in [0.15, 0.2) is 0 Å². The molecule has 31 heavy (non-hydrogen) atoms. The van der Waals surface area contributed by atoms with Crippen molar-refractivity contribution in [1.82, 2.24) is 5.43 Å². The van der Waals surface area contributed by atoms with Crippen molar-refractivity contribution < 1.29 is 14.6 Å². The fourth-order valence-corrected chi connectivity index (χ4v) is 3.50. The van der Waals surface area contributed by atoms with E-state index in [0.717, 1.165) is 22.3 Å². The van der Waals surface area contributed by atoms with E-state index in [9.17, 15) is 9.90 Å². The van der Waals surface area contributed by atoms with Gasteiger partial charge in [-0.3, -0.25) is 4.79 Å². The van der Waals surface area contributed by atoms with E-state index in [0.29, 0.717) is 29.4 Å². The highest BCUT2D eigenvalue weighted by Gasteiger charge is 2.26. The Hall–Kier alpha value is -2.53. The predicted octanol–water partition coefficient (Wildman–Crippen LogP) is 5.73. The lowest BCUT2D eigenvalue weighted by Crippen LogP contribution is -2.20. The molecule has 6 heteroatoms. The Morgan fingerprint density at radius 2 is 1.68 bits per heavy atom. The molecular weight excluding hydrogens is 412 g/mol. The molecule has 0 atom stereocenters. The maximum absolute atomic E-state index is 12.3. The molecule has 1 amide bonds. The van der Waals surface area contributed by atoms with Crippen LogP contribution in [-0.4, -0.2) is 24.3 Å². The third-order valence-electron chi connectivity index (χ3n) is 5.01. The highest BCUT2D eigenvalue weighted by atomic mass is 35.5. The van der Waals surface area contributed by atoms with E-state index in [1.165, 1.54) is 0 Å². The fourth-order valence-electron chi connectivity index (χ4n) is 3.24. The van der Waals surface area contributed by atoms with Crippen molar-refractivity contribution >= 4 is 23.7 Å². The summed E-state index contributed by atoms with van der Waals surface area (Å²) in [7, 11) is 1.55. The maximum atomic E-state index is 12.3. The first-order valence-corrected chi connectivity index (χ1v) is 10.7. The third kappa shape index (κ3) is 6.73. The molecule has 0 aliphatic rings. The van der Waals surface area contributed by atoms with E-state index in [1.807, 2.05) is 12.1 Å². The number of aryl methyl sites for hydroxylation is 1. The van der Waals surface area contributed by atoms with Crippen molar-refractivity contribution in [2.75, 3.05) is 7.11 Å². The molecule has 168 valence electrons. The number of methoxy groups -OCH3 is 1. The zero-order valence-corrected chi connectivity index (χ0v) is 20.2. The Kier molecular flexibility index (Phi) is 7.77. The molecule has 0 spiro atoms. The van der Waals surface area contributed by atoms with Crippen molar-refractivity contribution in [1.29, 1.82) is 0 Å². The molecule has 2 aromatic carbocycles. The first-order valence-electron chi connectivity index (χ1n) is 10.3. The van der Waals surface area contributed by atoms with Gasteiger partial charge in [-0.05, 0) is 57.7 Å². The van der Waals surface area contributed by atoms with E-state index in [-0.39, 0.29) is 16.7 Å². The molecule has 0 saturated heterocycles. The number of carbonyl (C=O) groups excluding carboxylic acids is 1. The molecule has 2 N–H and O–H groups in total. The van der Waals surface area contributed by atoms with Crippen LogP contribution in [0.15, 0.2) is 35.4 Å². The van der Waals surface area contributed by atoms with Crippen LogP contribution in [0.4, 0.5) is 0 Å². The van der Waals surface area contributed by atoms with Gasteiger partial charge in [0.2, 0.25) is 5.91 Å².